The molecule has 26 heavy (non-hydrogen) atoms. The van der Waals surface area contributed by atoms with Gasteiger partial charge in [0.05, 0.1) is 5.57 Å². The fourth-order valence-corrected chi connectivity index (χ4v) is 3.53. The standard InChI is InChI=1S/C18H30N6O2/c1-12(19)11-16(18-21-13(2)23-26-18)17(20)24-7-3-14(4-8-24)22-15-5-9-25-10-6-15/h11,14-15,20,22H,3-10,19H2,1-2H3,(H,21,23)/b12-11-,18-16+,20-17?. The molecular weight excluding hydrogens is 332 g/mol. The molecule has 8 nitrogen and oxygen atoms in total. The molecule has 0 aromatic carbocycles. The summed E-state index contributed by atoms with van der Waals surface area (Å²) in [5, 5.41) is 12.4. The summed E-state index contributed by atoms with van der Waals surface area (Å²) in [5.41, 5.74) is 9.81. The van der Waals surface area contributed by atoms with E-state index in [1.165, 1.54) is 0 Å². The van der Waals surface area contributed by atoms with E-state index in [1.54, 1.807) is 13.0 Å². The van der Waals surface area contributed by atoms with Gasteiger partial charge in [-0.3, -0.25) is 5.41 Å². The summed E-state index contributed by atoms with van der Waals surface area (Å²) < 4.78 is 5.43. The van der Waals surface area contributed by atoms with Crippen molar-refractivity contribution in [2.24, 2.45) is 10.7 Å². The molecule has 8 heteroatoms. The Kier molecular flexibility index (Phi) is 6.16. The largest absolute Gasteiger partial charge is 0.402 e. The molecule has 0 saturated carbocycles. The van der Waals surface area contributed by atoms with Crippen LogP contribution >= 0.6 is 0 Å². The van der Waals surface area contributed by atoms with Gasteiger partial charge in [-0.25, -0.2) is 5.48 Å². The van der Waals surface area contributed by atoms with Crippen molar-refractivity contribution in [2.45, 2.75) is 51.6 Å². The third-order valence-corrected chi connectivity index (χ3v) is 4.93. The maximum Gasteiger partial charge on any atom is 0.258 e. The van der Waals surface area contributed by atoms with Crippen molar-refractivity contribution in [3.63, 3.8) is 0 Å². The highest BCUT2D eigenvalue weighted by Crippen LogP contribution is 2.21. The molecule has 2 fully saturated rings. The van der Waals surface area contributed by atoms with Crippen molar-refractivity contribution in [3.8, 4) is 0 Å². The van der Waals surface area contributed by atoms with E-state index in [4.69, 9.17) is 20.7 Å². The average molecular weight is 362 g/mol. The summed E-state index contributed by atoms with van der Waals surface area (Å²) in [7, 11) is 0. The second-order valence-electron chi connectivity index (χ2n) is 7.17. The second-order valence-corrected chi connectivity index (χ2v) is 7.17. The number of rotatable bonds is 4. The maximum absolute atomic E-state index is 8.64. The molecule has 0 atom stereocenters. The molecule has 0 aliphatic carbocycles. The quantitative estimate of drug-likeness (QED) is 0.442. The van der Waals surface area contributed by atoms with Crippen LogP contribution in [0.5, 0.6) is 0 Å². The first kappa shape index (κ1) is 18.7. The maximum atomic E-state index is 8.64. The van der Waals surface area contributed by atoms with Crippen LogP contribution in [0, 0.1) is 5.41 Å². The molecule has 144 valence electrons. The van der Waals surface area contributed by atoms with E-state index >= 15 is 0 Å². The van der Waals surface area contributed by atoms with Gasteiger partial charge in [-0.15, -0.1) is 0 Å². The minimum absolute atomic E-state index is 0.403. The topological polar surface area (TPSA) is 108 Å². The summed E-state index contributed by atoms with van der Waals surface area (Å²) in [6, 6.07) is 1.07. The fourth-order valence-electron chi connectivity index (χ4n) is 3.53. The first-order valence-corrected chi connectivity index (χ1v) is 9.37. The molecule has 0 aromatic heterocycles. The lowest BCUT2D eigenvalue weighted by molar-refractivity contribution is 0.0723. The summed E-state index contributed by atoms with van der Waals surface area (Å²) >= 11 is 0. The predicted octanol–water partition coefficient (Wildman–Crippen LogP) is 1.22. The normalized spacial score (nSPS) is 24.8. The highest BCUT2D eigenvalue weighted by Gasteiger charge is 2.27. The number of nitrogens with two attached hydrogens (primary N) is 1. The number of amidine groups is 2. The molecule has 0 spiro atoms. The zero-order valence-corrected chi connectivity index (χ0v) is 15.7. The summed E-state index contributed by atoms with van der Waals surface area (Å²) in [6.45, 7) is 7.01. The first-order chi connectivity index (χ1) is 12.5. The molecule has 3 aliphatic rings. The molecule has 0 bridgehead atoms. The highest BCUT2D eigenvalue weighted by molar-refractivity contribution is 5.99. The number of ether oxygens (including phenoxy) is 1. The lowest BCUT2D eigenvalue weighted by Crippen LogP contribution is -2.49. The lowest BCUT2D eigenvalue weighted by Gasteiger charge is -2.36. The molecular formula is C18H30N6O2. The van der Waals surface area contributed by atoms with E-state index in [9.17, 15) is 0 Å². The van der Waals surface area contributed by atoms with E-state index in [0.717, 1.165) is 52.0 Å². The summed E-state index contributed by atoms with van der Waals surface area (Å²) in [5.74, 6) is 1.49. The van der Waals surface area contributed by atoms with E-state index in [-0.39, 0.29) is 0 Å². The van der Waals surface area contributed by atoms with Crippen molar-refractivity contribution >= 4 is 11.7 Å². The van der Waals surface area contributed by atoms with Gasteiger partial charge in [0.1, 0.15) is 11.7 Å². The Morgan fingerprint density at radius 3 is 2.50 bits per heavy atom. The lowest BCUT2D eigenvalue weighted by atomic mass is 10.0. The minimum atomic E-state index is 0.403. The molecule has 0 radical (unpaired) electrons. The summed E-state index contributed by atoms with van der Waals surface area (Å²) in [6.07, 6.45) is 5.99. The third kappa shape index (κ3) is 4.76. The zero-order chi connectivity index (χ0) is 18.5. The number of likely N-dealkylation sites (tertiary alicyclic amines) is 1. The number of nitrogens with zero attached hydrogens (tertiary/aromatic N) is 2. The fraction of sp³-hybridized carbons (Fsp3) is 0.667. The molecule has 3 rings (SSSR count). The second kappa shape index (κ2) is 8.55. The van der Waals surface area contributed by atoms with Crippen molar-refractivity contribution in [1.29, 1.82) is 5.41 Å². The first-order valence-electron chi connectivity index (χ1n) is 9.37. The predicted molar refractivity (Wildman–Crippen MR) is 102 cm³/mol. The number of piperidine rings is 1. The molecule has 0 aromatic rings. The van der Waals surface area contributed by atoms with Gasteiger partial charge in [0.25, 0.3) is 5.88 Å². The molecule has 0 amide bonds. The highest BCUT2D eigenvalue weighted by atomic mass is 16.7. The summed E-state index contributed by atoms with van der Waals surface area (Å²) in [4.78, 5) is 11.8. The van der Waals surface area contributed by atoms with E-state index in [2.05, 4.69) is 20.7 Å². The van der Waals surface area contributed by atoms with E-state index in [1.807, 2.05) is 6.92 Å². The van der Waals surface area contributed by atoms with Gasteiger partial charge in [0, 0.05) is 44.1 Å². The van der Waals surface area contributed by atoms with Gasteiger partial charge < -0.3 is 25.5 Å². The molecule has 2 saturated heterocycles. The smallest absolute Gasteiger partial charge is 0.258 e. The molecule has 0 unspecified atom stereocenters. The zero-order valence-electron chi connectivity index (χ0n) is 15.7. The van der Waals surface area contributed by atoms with Gasteiger partial charge in [-0.2, -0.15) is 4.99 Å². The van der Waals surface area contributed by atoms with Crippen LogP contribution in [-0.2, 0) is 9.57 Å². The molecule has 5 N–H and O–H groups in total. The van der Waals surface area contributed by atoms with Crippen LogP contribution in [0.25, 0.3) is 0 Å². The van der Waals surface area contributed by atoms with Crippen LogP contribution in [0.1, 0.15) is 39.5 Å². The van der Waals surface area contributed by atoms with Crippen molar-refractivity contribution < 1.29 is 9.57 Å². The van der Waals surface area contributed by atoms with Gasteiger partial charge >= 0.3 is 0 Å². The minimum Gasteiger partial charge on any atom is -0.402 e. The van der Waals surface area contributed by atoms with Gasteiger partial charge in [-0.1, -0.05) is 0 Å². The number of nitrogens with one attached hydrogen (secondary N) is 3. The number of aliphatic imine (C=N–C) groups is 1. The Hall–Kier alpha value is -2.06. The Morgan fingerprint density at radius 2 is 1.92 bits per heavy atom. The van der Waals surface area contributed by atoms with Crippen molar-refractivity contribution in [1.82, 2.24) is 15.7 Å². The number of hydrogen-bond donors (Lipinski definition) is 4. The number of allylic oxidation sites excluding steroid dienone is 1. The Bertz CT molecular complexity index is 609. The van der Waals surface area contributed by atoms with Crippen LogP contribution in [0.4, 0.5) is 0 Å². The average Bonchev–Trinajstić information content (AvgIpc) is 3.07. The van der Waals surface area contributed by atoms with Crippen LogP contribution in [0.15, 0.2) is 28.2 Å². The van der Waals surface area contributed by atoms with Crippen molar-refractivity contribution in [2.75, 3.05) is 26.3 Å². The van der Waals surface area contributed by atoms with Gasteiger partial charge in [0.15, 0.2) is 0 Å². The Morgan fingerprint density at radius 1 is 1.27 bits per heavy atom. The van der Waals surface area contributed by atoms with Crippen LogP contribution in [-0.4, -0.2) is 55.0 Å². The monoisotopic (exact) mass is 362 g/mol. The van der Waals surface area contributed by atoms with Crippen LogP contribution in [0.2, 0.25) is 0 Å². The van der Waals surface area contributed by atoms with E-state index < -0.39 is 0 Å². The van der Waals surface area contributed by atoms with E-state index in [0.29, 0.717) is 40.9 Å². The van der Waals surface area contributed by atoms with Gasteiger partial charge in [0.2, 0.25) is 0 Å². The Labute approximate surface area is 155 Å². The molecule has 3 aliphatic heterocycles. The van der Waals surface area contributed by atoms with Crippen molar-refractivity contribution in [3.05, 3.63) is 23.2 Å². The van der Waals surface area contributed by atoms with Crippen LogP contribution in [0.3, 0.4) is 0 Å². The third-order valence-electron chi connectivity index (χ3n) is 4.93. The number of hydroxylamine groups is 1. The SMILES string of the molecule is CC1=N/C(=C(/C=C(/C)N)C(=N)N2CCC(NC3CCOCC3)CC2)ON1. The molecule has 3 heterocycles. The van der Waals surface area contributed by atoms with Gasteiger partial charge in [-0.05, 0) is 45.6 Å². The Balaban J connectivity index is 1.60. The van der Waals surface area contributed by atoms with Crippen LogP contribution < -0.4 is 16.5 Å². The number of hydrogen-bond acceptors (Lipinski definition) is 7.